The summed E-state index contributed by atoms with van der Waals surface area (Å²) in [6.07, 6.45) is 0.608. The fourth-order valence-electron chi connectivity index (χ4n) is 1.76. The Bertz CT molecular complexity index is 684. The van der Waals surface area contributed by atoms with E-state index in [4.69, 9.17) is 5.73 Å². The third-order valence-corrected chi connectivity index (χ3v) is 5.33. The zero-order valence-electron chi connectivity index (χ0n) is 10.8. The normalized spacial score (nSPS) is 13.3. The second kappa shape index (κ2) is 5.90. The lowest BCUT2D eigenvalue weighted by Gasteiger charge is -2.16. The van der Waals surface area contributed by atoms with Crippen molar-refractivity contribution in [3.63, 3.8) is 0 Å². The molecule has 1 aromatic carbocycles. The predicted octanol–water partition coefficient (Wildman–Crippen LogP) is 2.90. The number of hydrogen-bond donors (Lipinski definition) is 2. The number of hydrogen-bond acceptors (Lipinski definition) is 4. The third-order valence-electron chi connectivity index (χ3n) is 2.87. The highest BCUT2D eigenvalue weighted by Crippen LogP contribution is 2.24. The Morgan fingerprint density at radius 3 is 2.70 bits per heavy atom. The van der Waals surface area contributed by atoms with Crippen molar-refractivity contribution >= 4 is 27.0 Å². The average molecular weight is 314 g/mol. The van der Waals surface area contributed by atoms with Crippen LogP contribution in [0.15, 0.2) is 40.6 Å². The second-order valence-electron chi connectivity index (χ2n) is 4.28. The van der Waals surface area contributed by atoms with E-state index in [2.05, 4.69) is 4.72 Å². The van der Waals surface area contributed by atoms with Gasteiger partial charge in [-0.2, -0.15) is 0 Å². The van der Waals surface area contributed by atoms with Crippen molar-refractivity contribution in [2.75, 3.05) is 5.73 Å². The van der Waals surface area contributed by atoms with Crippen LogP contribution >= 0.6 is 11.3 Å². The minimum atomic E-state index is -3.78. The number of sulfonamides is 1. The summed E-state index contributed by atoms with van der Waals surface area (Å²) in [6.45, 7) is 1.89. The Hall–Kier alpha value is -1.44. The fraction of sp³-hybridized carbons (Fsp3) is 0.231. The molecule has 1 unspecified atom stereocenters. The van der Waals surface area contributed by atoms with Crippen molar-refractivity contribution in [3.8, 4) is 0 Å². The molecule has 0 bridgehead atoms. The van der Waals surface area contributed by atoms with E-state index in [-0.39, 0.29) is 16.6 Å². The molecule has 2 rings (SSSR count). The Labute approximate surface area is 121 Å². The molecule has 0 aliphatic carbocycles. The summed E-state index contributed by atoms with van der Waals surface area (Å²) in [7, 11) is -3.78. The van der Waals surface area contributed by atoms with E-state index in [1.165, 1.54) is 23.5 Å². The molecule has 4 nitrogen and oxygen atoms in total. The van der Waals surface area contributed by atoms with E-state index in [1.807, 2.05) is 24.4 Å². The van der Waals surface area contributed by atoms with Gasteiger partial charge in [-0.3, -0.25) is 0 Å². The van der Waals surface area contributed by atoms with Crippen LogP contribution in [0.25, 0.3) is 0 Å². The number of nitrogen functional groups attached to an aromatic ring is 1. The molecule has 0 aliphatic rings. The first-order chi connectivity index (χ1) is 9.44. The molecule has 1 heterocycles. The van der Waals surface area contributed by atoms with Gasteiger partial charge in [-0.25, -0.2) is 17.5 Å². The summed E-state index contributed by atoms with van der Waals surface area (Å²) in [5.41, 5.74) is 5.27. The molecule has 0 saturated carbocycles. The number of rotatable bonds is 5. The van der Waals surface area contributed by atoms with Gasteiger partial charge in [0.2, 0.25) is 10.0 Å². The molecule has 108 valence electrons. The van der Waals surface area contributed by atoms with Gasteiger partial charge in [-0.1, -0.05) is 13.0 Å². The summed E-state index contributed by atoms with van der Waals surface area (Å²) >= 11 is 1.48. The molecule has 2 aromatic rings. The highest BCUT2D eigenvalue weighted by Gasteiger charge is 2.21. The number of thiophene rings is 1. The van der Waals surface area contributed by atoms with Crippen molar-refractivity contribution in [1.29, 1.82) is 0 Å². The van der Waals surface area contributed by atoms with E-state index in [9.17, 15) is 12.8 Å². The van der Waals surface area contributed by atoms with Crippen LogP contribution in [0.3, 0.4) is 0 Å². The monoisotopic (exact) mass is 314 g/mol. The maximum absolute atomic E-state index is 13.4. The standard InChI is InChI=1S/C13H15FN2O2S2/c1-2-12(13-4-3-7-19-13)16-20(17,18)9-5-6-11(15)10(14)8-9/h3-8,12,16H,2,15H2,1H3. The number of nitrogens with two attached hydrogens (primary N) is 1. The summed E-state index contributed by atoms with van der Waals surface area (Å²) in [5, 5.41) is 1.88. The lowest BCUT2D eigenvalue weighted by molar-refractivity contribution is 0.551. The van der Waals surface area contributed by atoms with E-state index >= 15 is 0 Å². The molecule has 7 heteroatoms. The van der Waals surface area contributed by atoms with Crippen LogP contribution in [0.5, 0.6) is 0 Å². The van der Waals surface area contributed by atoms with Crippen molar-refractivity contribution in [2.45, 2.75) is 24.3 Å². The van der Waals surface area contributed by atoms with Crippen molar-refractivity contribution in [3.05, 3.63) is 46.4 Å². The number of anilines is 1. The largest absolute Gasteiger partial charge is 0.396 e. The smallest absolute Gasteiger partial charge is 0.241 e. The Morgan fingerprint density at radius 2 is 2.15 bits per heavy atom. The molecular formula is C13H15FN2O2S2. The van der Waals surface area contributed by atoms with Gasteiger partial charge in [0.25, 0.3) is 0 Å². The highest BCUT2D eigenvalue weighted by molar-refractivity contribution is 7.89. The van der Waals surface area contributed by atoms with Crippen molar-refractivity contribution < 1.29 is 12.8 Å². The van der Waals surface area contributed by atoms with Crippen LogP contribution in [0.4, 0.5) is 10.1 Å². The van der Waals surface area contributed by atoms with Gasteiger partial charge in [0.15, 0.2) is 0 Å². The fourth-order valence-corrected chi connectivity index (χ4v) is 4.01. The first-order valence-corrected chi connectivity index (χ1v) is 8.41. The minimum absolute atomic E-state index is 0.0748. The van der Waals surface area contributed by atoms with Crippen LogP contribution < -0.4 is 10.5 Å². The van der Waals surface area contributed by atoms with Gasteiger partial charge in [0.1, 0.15) is 5.82 Å². The van der Waals surface area contributed by atoms with E-state index in [0.29, 0.717) is 6.42 Å². The van der Waals surface area contributed by atoms with Gasteiger partial charge in [-0.15, -0.1) is 11.3 Å². The molecule has 0 amide bonds. The van der Waals surface area contributed by atoms with Gasteiger partial charge in [0, 0.05) is 4.88 Å². The molecule has 3 N–H and O–H groups in total. The average Bonchev–Trinajstić information content (AvgIpc) is 2.93. The zero-order chi connectivity index (χ0) is 14.8. The van der Waals surface area contributed by atoms with Crippen LogP contribution in [0.1, 0.15) is 24.3 Å². The first kappa shape index (κ1) is 15.0. The molecule has 0 aliphatic heterocycles. The van der Waals surface area contributed by atoms with Crippen LogP contribution in [-0.2, 0) is 10.0 Å². The summed E-state index contributed by atoms with van der Waals surface area (Å²) in [4.78, 5) is 0.797. The SMILES string of the molecule is CCC(NS(=O)(=O)c1ccc(N)c(F)c1)c1cccs1. The Morgan fingerprint density at radius 1 is 1.40 bits per heavy atom. The quantitative estimate of drug-likeness (QED) is 0.834. The summed E-state index contributed by atoms with van der Waals surface area (Å²) < 4.78 is 40.5. The molecule has 0 spiro atoms. The van der Waals surface area contributed by atoms with Crippen molar-refractivity contribution in [2.24, 2.45) is 0 Å². The third kappa shape index (κ3) is 3.17. The molecular weight excluding hydrogens is 299 g/mol. The van der Waals surface area contributed by atoms with Gasteiger partial charge in [0.05, 0.1) is 16.6 Å². The molecule has 0 radical (unpaired) electrons. The molecule has 0 fully saturated rings. The minimum Gasteiger partial charge on any atom is -0.396 e. The highest BCUT2D eigenvalue weighted by atomic mass is 32.2. The van der Waals surface area contributed by atoms with E-state index < -0.39 is 15.8 Å². The van der Waals surface area contributed by atoms with Crippen LogP contribution in [0, 0.1) is 5.82 Å². The van der Waals surface area contributed by atoms with Gasteiger partial charge >= 0.3 is 0 Å². The topological polar surface area (TPSA) is 72.2 Å². The molecule has 20 heavy (non-hydrogen) atoms. The van der Waals surface area contributed by atoms with Crippen LogP contribution in [-0.4, -0.2) is 8.42 Å². The Balaban J connectivity index is 2.28. The number of nitrogens with one attached hydrogen (secondary N) is 1. The molecule has 1 atom stereocenters. The number of benzene rings is 1. The maximum atomic E-state index is 13.4. The lowest BCUT2D eigenvalue weighted by Crippen LogP contribution is -2.28. The van der Waals surface area contributed by atoms with Gasteiger partial charge in [-0.05, 0) is 36.1 Å². The predicted molar refractivity (Wildman–Crippen MR) is 78.5 cm³/mol. The maximum Gasteiger partial charge on any atom is 0.241 e. The first-order valence-electron chi connectivity index (χ1n) is 6.05. The van der Waals surface area contributed by atoms with E-state index in [1.54, 1.807) is 0 Å². The van der Waals surface area contributed by atoms with Crippen LogP contribution in [0.2, 0.25) is 0 Å². The molecule has 1 aromatic heterocycles. The summed E-state index contributed by atoms with van der Waals surface area (Å²) in [5.74, 6) is -0.739. The Kier molecular flexibility index (Phi) is 4.42. The van der Waals surface area contributed by atoms with E-state index in [0.717, 1.165) is 10.9 Å². The number of halogens is 1. The second-order valence-corrected chi connectivity index (χ2v) is 6.97. The summed E-state index contributed by atoms with van der Waals surface area (Å²) in [6, 6.07) is 6.88. The zero-order valence-corrected chi connectivity index (χ0v) is 12.5. The van der Waals surface area contributed by atoms with Crippen molar-refractivity contribution in [1.82, 2.24) is 4.72 Å². The molecule has 0 saturated heterocycles. The lowest BCUT2D eigenvalue weighted by atomic mass is 10.2. The van der Waals surface area contributed by atoms with Gasteiger partial charge < -0.3 is 5.73 Å².